The number of hydrogen-bond acceptors (Lipinski definition) is 3. The van der Waals surface area contributed by atoms with Crippen LogP contribution < -0.4 is 9.74 Å². The van der Waals surface area contributed by atoms with Crippen molar-refractivity contribution in [2.24, 2.45) is 0 Å². The highest BCUT2D eigenvalue weighted by molar-refractivity contribution is 5.74. The monoisotopic (exact) mass is 510 g/mol. The zero-order chi connectivity index (χ0) is 28.2. The quantitative estimate of drug-likeness (QED) is 0.384. The van der Waals surface area contributed by atoms with Gasteiger partial charge in [-0.15, -0.1) is 5.06 Å². The summed E-state index contributed by atoms with van der Waals surface area (Å²) in [5.74, 6) is 0.983. The van der Waals surface area contributed by atoms with Crippen molar-refractivity contribution in [2.75, 3.05) is 19.0 Å². The summed E-state index contributed by atoms with van der Waals surface area (Å²) >= 11 is 0. The maximum absolute atomic E-state index is 6.26. The third-order valence-electron chi connectivity index (χ3n) is 9.26. The van der Waals surface area contributed by atoms with Gasteiger partial charge < -0.3 is 9.74 Å². The molecule has 0 saturated heterocycles. The van der Waals surface area contributed by atoms with Gasteiger partial charge in [0, 0.05) is 41.9 Å². The van der Waals surface area contributed by atoms with Crippen molar-refractivity contribution in [1.29, 1.82) is 0 Å². The summed E-state index contributed by atoms with van der Waals surface area (Å²) in [5, 5.41) is 1.99. The average molecular weight is 511 g/mol. The van der Waals surface area contributed by atoms with E-state index in [9.17, 15) is 0 Å². The van der Waals surface area contributed by atoms with Crippen LogP contribution in [-0.4, -0.2) is 25.2 Å². The van der Waals surface area contributed by atoms with Crippen LogP contribution in [0.2, 0.25) is 0 Å². The molecule has 2 aromatic carbocycles. The summed E-state index contributed by atoms with van der Waals surface area (Å²) in [6.07, 6.45) is 15.1. The lowest BCUT2D eigenvalue weighted by molar-refractivity contribution is -0.0928. The Kier molecular flexibility index (Phi) is 7.31. The molecule has 0 N–H and O–H groups in total. The number of aryl methyl sites for hydroxylation is 2. The molecule has 2 aromatic rings. The van der Waals surface area contributed by atoms with Crippen LogP contribution in [0.3, 0.4) is 0 Å². The van der Waals surface area contributed by atoms with Crippen LogP contribution in [0.25, 0.3) is 0 Å². The molecule has 3 nitrogen and oxygen atoms in total. The highest BCUT2D eigenvalue weighted by Gasteiger charge is 2.42. The highest BCUT2D eigenvalue weighted by Crippen LogP contribution is 2.50. The van der Waals surface area contributed by atoms with Crippen LogP contribution in [0.5, 0.6) is 5.75 Å². The molecule has 0 saturated carbocycles. The van der Waals surface area contributed by atoms with Gasteiger partial charge in [0.25, 0.3) is 0 Å². The molecule has 202 valence electrons. The van der Waals surface area contributed by atoms with Gasteiger partial charge in [0.15, 0.2) is 5.75 Å². The fourth-order valence-electron chi connectivity index (χ4n) is 6.71. The highest BCUT2D eigenvalue weighted by atomic mass is 16.7. The summed E-state index contributed by atoms with van der Waals surface area (Å²) in [5.41, 5.74) is 13.5. The second kappa shape index (κ2) is 9.93. The Morgan fingerprint density at radius 1 is 0.711 bits per heavy atom. The van der Waals surface area contributed by atoms with E-state index in [2.05, 4.69) is 136 Å². The first-order valence-corrected chi connectivity index (χ1v) is 13.8. The number of allylic oxidation sites excluding steroid dienone is 7. The molecular formula is C35H46N2O. The van der Waals surface area contributed by atoms with E-state index in [1.165, 1.54) is 55.9 Å². The van der Waals surface area contributed by atoms with Crippen LogP contribution in [0, 0.1) is 41.5 Å². The molecule has 0 fully saturated rings. The minimum atomic E-state index is -0.0715. The molecule has 2 aliphatic rings. The van der Waals surface area contributed by atoms with Crippen molar-refractivity contribution >= 4 is 5.69 Å². The molecule has 2 heterocycles. The van der Waals surface area contributed by atoms with Crippen molar-refractivity contribution < 1.29 is 4.84 Å². The number of hydrogen-bond donors (Lipinski definition) is 0. The Bertz CT molecular complexity index is 1380. The maximum Gasteiger partial charge on any atom is 0.151 e. The SMILES string of the molecule is Cc1cc2c(c(C)c1C)C(C)(C)/C(=C/C=C/C=C/C=C/C1N(C)Oc3cc(C)c(C)c(C)c3C1(C)C)N2C. The molecule has 1 atom stereocenters. The predicted octanol–water partition coefficient (Wildman–Crippen LogP) is 8.40. The van der Waals surface area contributed by atoms with Crippen molar-refractivity contribution in [3.05, 3.63) is 105 Å². The number of benzene rings is 2. The third kappa shape index (κ3) is 4.45. The van der Waals surface area contributed by atoms with Gasteiger partial charge in [-0.3, -0.25) is 0 Å². The molecule has 4 rings (SSSR count). The first-order valence-electron chi connectivity index (χ1n) is 13.8. The summed E-state index contributed by atoms with van der Waals surface area (Å²) in [6.45, 7) is 22.6. The molecule has 1 unspecified atom stereocenters. The van der Waals surface area contributed by atoms with E-state index >= 15 is 0 Å². The summed E-state index contributed by atoms with van der Waals surface area (Å²) < 4.78 is 0. The van der Waals surface area contributed by atoms with Gasteiger partial charge in [-0.1, -0.05) is 64.2 Å². The zero-order valence-corrected chi connectivity index (χ0v) is 25.6. The standard InChI is InChI=1S/C35H46N2O/c1-22-20-28-32(26(5)24(22)3)34(7,8)30(36(28)11)18-16-14-13-15-17-19-31-35(9,10)33-27(6)25(4)23(2)21-29(33)38-37(31)12/h13-21,31H,1-12H3/b15-13+,16-14+,19-17+,30-18-. The van der Waals surface area contributed by atoms with Gasteiger partial charge in [-0.2, -0.15) is 0 Å². The van der Waals surface area contributed by atoms with E-state index in [1.807, 2.05) is 12.1 Å². The van der Waals surface area contributed by atoms with Crippen LogP contribution in [0.1, 0.15) is 72.2 Å². The Morgan fingerprint density at radius 2 is 1.26 bits per heavy atom. The number of hydroxylamine groups is 2. The van der Waals surface area contributed by atoms with Gasteiger partial charge in [0.1, 0.15) is 0 Å². The number of anilines is 1. The Labute approximate surface area is 231 Å². The average Bonchev–Trinajstić information content (AvgIpc) is 3.01. The van der Waals surface area contributed by atoms with Gasteiger partial charge >= 0.3 is 0 Å². The minimum Gasteiger partial charge on any atom is -0.405 e. The molecule has 38 heavy (non-hydrogen) atoms. The molecule has 0 radical (unpaired) electrons. The maximum atomic E-state index is 6.26. The minimum absolute atomic E-state index is 0.0248. The van der Waals surface area contributed by atoms with E-state index in [0.29, 0.717) is 0 Å². The lowest BCUT2D eigenvalue weighted by Crippen LogP contribution is -2.50. The van der Waals surface area contributed by atoms with Crippen LogP contribution in [-0.2, 0) is 10.8 Å². The van der Waals surface area contributed by atoms with Gasteiger partial charge in [0.2, 0.25) is 0 Å². The number of rotatable bonds is 4. The lowest BCUT2D eigenvalue weighted by atomic mass is 9.73. The number of fused-ring (bicyclic) bond motifs is 2. The van der Waals surface area contributed by atoms with E-state index in [1.54, 1.807) is 0 Å². The van der Waals surface area contributed by atoms with E-state index in [-0.39, 0.29) is 16.9 Å². The zero-order valence-electron chi connectivity index (χ0n) is 25.6. The normalized spacial score (nSPS) is 21.6. The fourth-order valence-corrected chi connectivity index (χ4v) is 6.71. The van der Waals surface area contributed by atoms with E-state index < -0.39 is 0 Å². The molecule has 0 spiro atoms. The number of likely N-dealkylation sites (N-methyl/N-ethyl adjacent to an activating group) is 2. The van der Waals surface area contributed by atoms with Crippen molar-refractivity contribution in [1.82, 2.24) is 5.06 Å². The van der Waals surface area contributed by atoms with Crippen LogP contribution >= 0.6 is 0 Å². The van der Waals surface area contributed by atoms with Gasteiger partial charge in [-0.05, 0) is 98.7 Å². The molecule has 3 heteroatoms. The second-order valence-electron chi connectivity index (χ2n) is 12.3. The first kappa shape index (κ1) is 28.0. The number of nitrogens with zero attached hydrogens (tertiary/aromatic N) is 2. The second-order valence-corrected chi connectivity index (χ2v) is 12.3. The van der Waals surface area contributed by atoms with Crippen LogP contribution in [0.15, 0.2) is 60.4 Å². The van der Waals surface area contributed by atoms with E-state index in [4.69, 9.17) is 4.84 Å². The molecular weight excluding hydrogens is 464 g/mol. The van der Waals surface area contributed by atoms with Crippen molar-refractivity contribution in [3.63, 3.8) is 0 Å². The van der Waals surface area contributed by atoms with E-state index in [0.717, 1.165) is 5.75 Å². The Balaban J connectivity index is 1.51. The third-order valence-corrected chi connectivity index (χ3v) is 9.26. The largest absolute Gasteiger partial charge is 0.405 e. The van der Waals surface area contributed by atoms with Crippen LogP contribution in [0.4, 0.5) is 5.69 Å². The molecule has 0 amide bonds. The molecule has 0 aromatic heterocycles. The molecule has 2 aliphatic heterocycles. The van der Waals surface area contributed by atoms with Gasteiger partial charge in [0.05, 0.1) is 6.04 Å². The van der Waals surface area contributed by atoms with Crippen molar-refractivity contribution in [3.8, 4) is 5.75 Å². The Hall–Kier alpha value is -3.04. The molecule has 0 aliphatic carbocycles. The van der Waals surface area contributed by atoms with Gasteiger partial charge in [-0.25, -0.2) is 0 Å². The summed E-state index contributed by atoms with van der Waals surface area (Å²) in [7, 11) is 4.22. The lowest BCUT2D eigenvalue weighted by Gasteiger charge is -2.45. The summed E-state index contributed by atoms with van der Waals surface area (Å²) in [4.78, 5) is 8.61. The smallest absolute Gasteiger partial charge is 0.151 e. The predicted molar refractivity (Wildman–Crippen MR) is 163 cm³/mol. The first-order chi connectivity index (χ1) is 17.7. The molecule has 0 bridgehead atoms. The topological polar surface area (TPSA) is 15.7 Å². The summed E-state index contributed by atoms with van der Waals surface area (Å²) in [6, 6.07) is 4.65. The fraction of sp³-hybridized carbons (Fsp3) is 0.429. The Morgan fingerprint density at radius 3 is 1.92 bits per heavy atom. The van der Waals surface area contributed by atoms with Crippen molar-refractivity contribution in [2.45, 2.75) is 86.1 Å².